The molecule has 0 aliphatic heterocycles. The summed E-state index contributed by atoms with van der Waals surface area (Å²) in [7, 11) is 1.52. The summed E-state index contributed by atoms with van der Waals surface area (Å²) in [5, 5.41) is 3.70. The van der Waals surface area contributed by atoms with E-state index in [1.165, 1.54) is 13.3 Å². The van der Waals surface area contributed by atoms with Gasteiger partial charge in [0.2, 0.25) is 0 Å². The number of Topliss-reactive ketones (excluding diaryl/α,β-unsaturated/α-hetero) is 1. The Balaban J connectivity index is 1.71. The number of anilines is 1. The third-order valence-electron chi connectivity index (χ3n) is 4.55. The van der Waals surface area contributed by atoms with E-state index in [1.54, 1.807) is 48.8 Å². The summed E-state index contributed by atoms with van der Waals surface area (Å²) >= 11 is 5.96. The fourth-order valence-electron chi connectivity index (χ4n) is 3.08. The lowest BCUT2D eigenvalue weighted by molar-refractivity contribution is -0.112. The number of ether oxygens (including phenoxy) is 1. The number of hydrogen-bond donors (Lipinski definition) is 1. The van der Waals surface area contributed by atoms with Crippen LogP contribution in [-0.2, 0) is 11.3 Å². The number of nitrogens with one attached hydrogen (secondary N) is 1. The highest BCUT2D eigenvalue weighted by molar-refractivity contribution is 6.48. The fraction of sp³-hybridized carbons (Fsp3) is 0.0909. The number of aromatic nitrogens is 3. The molecule has 0 radical (unpaired) electrons. The molecule has 0 aliphatic rings. The quantitative estimate of drug-likeness (QED) is 0.377. The van der Waals surface area contributed by atoms with Crippen LogP contribution >= 0.6 is 11.6 Å². The fourth-order valence-corrected chi connectivity index (χ4v) is 3.21. The van der Waals surface area contributed by atoms with Crippen molar-refractivity contribution in [2.75, 3.05) is 12.4 Å². The van der Waals surface area contributed by atoms with Gasteiger partial charge in [0.15, 0.2) is 0 Å². The molecule has 1 amide bonds. The van der Waals surface area contributed by atoms with Crippen LogP contribution in [0.5, 0.6) is 5.75 Å². The van der Waals surface area contributed by atoms with Crippen molar-refractivity contribution in [1.29, 1.82) is 0 Å². The molecule has 0 spiro atoms. The average Bonchev–Trinajstić information content (AvgIpc) is 3.13. The highest BCUT2D eigenvalue weighted by Crippen LogP contribution is 2.26. The van der Waals surface area contributed by atoms with Gasteiger partial charge in [0.05, 0.1) is 18.9 Å². The maximum atomic E-state index is 12.9. The molecule has 0 aliphatic carbocycles. The molecule has 0 fully saturated rings. The summed E-state index contributed by atoms with van der Waals surface area (Å²) in [5.74, 6) is -0.667. The maximum Gasteiger partial charge on any atom is 0.298 e. The molecule has 0 saturated carbocycles. The molecule has 4 rings (SSSR count). The number of fused-ring (bicyclic) bond motifs is 1. The highest BCUT2D eigenvalue weighted by Gasteiger charge is 2.23. The Morgan fingerprint density at radius 2 is 1.93 bits per heavy atom. The van der Waals surface area contributed by atoms with Crippen LogP contribution in [0.4, 0.5) is 5.82 Å². The number of ketones is 1. The van der Waals surface area contributed by atoms with Gasteiger partial charge >= 0.3 is 0 Å². The van der Waals surface area contributed by atoms with Gasteiger partial charge in [0.1, 0.15) is 17.2 Å². The second-order valence-corrected chi connectivity index (χ2v) is 6.98. The van der Waals surface area contributed by atoms with E-state index >= 15 is 0 Å². The molecule has 0 bridgehead atoms. The predicted molar refractivity (Wildman–Crippen MR) is 114 cm³/mol. The lowest BCUT2D eigenvalue weighted by Crippen LogP contribution is -2.23. The minimum absolute atomic E-state index is 0.235. The monoisotopic (exact) mass is 420 g/mol. The Kier molecular flexibility index (Phi) is 5.45. The molecule has 30 heavy (non-hydrogen) atoms. The molecule has 0 atom stereocenters. The van der Waals surface area contributed by atoms with Crippen LogP contribution in [0, 0.1) is 0 Å². The van der Waals surface area contributed by atoms with E-state index in [-0.39, 0.29) is 5.56 Å². The van der Waals surface area contributed by atoms with Gasteiger partial charge in [-0.15, -0.1) is 0 Å². The number of pyridine rings is 2. The molecule has 3 aromatic heterocycles. The molecule has 3 heterocycles. The van der Waals surface area contributed by atoms with Crippen LogP contribution in [0.1, 0.15) is 15.9 Å². The number of carbonyl (C=O) groups is 2. The first-order valence-electron chi connectivity index (χ1n) is 9.09. The van der Waals surface area contributed by atoms with Gasteiger partial charge in [0.25, 0.3) is 11.7 Å². The van der Waals surface area contributed by atoms with Gasteiger partial charge in [-0.05, 0) is 35.9 Å². The van der Waals surface area contributed by atoms with Crippen molar-refractivity contribution in [3.05, 3.63) is 83.3 Å². The molecule has 4 aromatic rings. The number of rotatable bonds is 6. The molecule has 0 saturated heterocycles. The maximum absolute atomic E-state index is 12.9. The van der Waals surface area contributed by atoms with E-state index < -0.39 is 11.7 Å². The molecule has 0 unspecified atom stereocenters. The summed E-state index contributed by atoms with van der Waals surface area (Å²) in [4.78, 5) is 33.9. The van der Waals surface area contributed by atoms with Gasteiger partial charge in [-0.2, -0.15) is 0 Å². The minimum atomic E-state index is -0.776. The molecule has 7 nitrogen and oxygen atoms in total. The van der Waals surface area contributed by atoms with E-state index in [1.807, 2.05) is 16.7 Å². The van der Waals surface area contributed by atoms with Crippen molar-refractivity contribution in [2.45, 2.75) is 6.54 Å². The number of methoxy groups -OCH3 is 1. The van der Waals surface area contributed by atoms with Gasteiger partial charge in [-0.25, -0.2) is 9.97 Å². The zero-order valence-electron chi connectivity index (χ0n) is 16.0. The van der Waals surface area contributed by atoms with Gasteiger partial charge in [-0.3, -0.25) is 9.59 Å². The zero-order valence-corrected chi connectivity index (χ0v) is 16.8. The molecule has 8 heteroatoms. The number of halogens is 1. The van der Waals surface area contributed by atoms with Crippen molar-refractivity contribution in [3.8, 4) is 5.75 Å². The Labute approximate surface area is 177 Å². The van der Waals surface area contributed by atoms with E-state index in [9.17, 15) is 9.59 Å². The van der Waals surface area contributed by atoms with Crippen LogP contribution in [0.15, 0.2) is 67.1 Å². The topological polar surface area (TPSA) is 86.1 Å². The van der Waals surface area contributed by atoms with Crippen LogP contribution in [0.3, 0.4) is 0 Å². The second kappa shape index (κ2) is 8.34. The van der Waals surface area contributed by atoms with Crippen LogP contribution in [0.25, 0.3) is 11.0 Å². The van der Waals surface area contributed by atoms with E-state index in [2.05, 4.69) is 15.3 Å². The average molecular weight is 421 g/mol. The summed E-state index contributed by atoms with van der Waals surface area (Å²) in [6, 6.07) is 14.1. The summed E-state index contributed by atoms with van der Waals surface area (Å²) in [5.41, 5.74) is 1.78. The first kappa shape index (κ1) is 19.6. The molecular weight excluding hydrogens is 404 g/mol. The van der Waals surface area contributed by atoms with Crippen molar-refractivity contribution < 1.29 is 14.3 Å². The molecule has 1 aromatic carbocycles. The normalized spacial score (nSPS) is 10.7. The second-order valence-electron chi connectivity index (χ2n) is 6.54. The summed E-state index contributed by atoms with van der Waals surface area (Å²) < 4.78 is 7.06. The van der Waals surface area contributed by atoms with E-state index in [4.69, 9.17) is 16.3 Å². The van der Waals surface area contributed by atoms with Crippen molar-refractivity contribution in [1.82, 2.24) is 14.5 Å². The number of carbonyl (C=O) groups excluding carboxylic acids is 2. The summed E-state index contributed by atoms with van der Waals surface area (Å²) in [6.07, 6.45) is 4.74. The minimum Gasteiger partial charge on any atom is -0.495 e. The summed E-state index contributed by atoms with van der Waals surface area (Å²) in [6.45, 7) is 0.460. The van der Waals surface area contributed by atoms with Gasteiger partial charge in [-0.1, -0.05) is 29.8 Å². The molecule has 150 valence electrons. The highest BCUT2D eigenvalue weighted by atomic mass is 35.5. The van der Waals surface area contributed by atoms with Crippen LogP contribution in [-0.4, -0.2) is 33.3 Å². The van der Waals surface area contributed by atoms with Crippen LogP contribution < -0.4 is 10.1 Å². The molecular formula is C22H17ClN4O3. The third kappa shape index (κ3) is 4.01. The smallest absolute Gasteiger partial charge is 0.298 e. The first-order valence-corrected chi connectivity index (χ1v) is 9.47. The third-order valence-corrected chi connectivity index (χ3v) is 4.80. The van der Waals surface area contributed by atoms with E-state index in [0.29, 0.717) is 34.2 Å². The van der Waals surface area contributed by atoms with E-state index in [0.717, 1.165) is 5.56 Å². The zero-order chi connectivity index (χ0) is 21.1. The Morgan fingerprint density at radius 1 is 1.13 bits per heavy atom. The number of nitrogens with zero attached hydrogens (tertiary/aromatic N) is 3. The van der Waals surface area contributed by atoms with Crippen molar-refractivity contribution in [2.24, 2.45) is 0 Å². The lowest BCUT2D eigenvalue weighted by atomic mass is 10.1. The number of amides is 1. The van der Waals surface area contributed by atoms with Gasteiger partial charge < -0.3 is 14.6 Å². The molecule has 1 N–H and O–H groups in total. The number of hydrogen-bond acceptors (Lipinski definition) is 5. The Morgan fingerprint density at radius 3 is 2.63 bits per heavy atom. The van der Waals surface area contributed by atoms with Crippen molar-refractivity contribution in [3.63, 3.8) is 0 Å². The SMILES string of the molecule is COc1cnc2c(c1)c(C(=O)C(=O)Nc1ccccn1)cn2Cc1ccc(Cl)cc1. The van der Waals surface area contributed by atoms with Crippen molar-refractivity contribution >= 4 is 40.1 Å². The predicted octanol–water partition coefficient (Wildman–Crippen LogP) is 3.96. The first-order chi connectivity index (χ1) is 14.5. The van der Waals surface area contributed by atoms with Crippen LogP contribution in [0.2, 0.25) is 5.02 Å². The largest absolute Gasteiger partial charge is 0.495 e. The Hall–Kier alpha value is -3.71. The lowest BCUT2D eigenvalue weighted by Gasteiger charge is -2.05. The Bertz CT molecular complexity index is 1220. The number of benzene rings is 1. The standard InChI is InChI=1S/C22H17ClN4O3/c1-30-16-10-17-18(20(28)22(29)26-19-4-2-3-9-24-19)13-27(21(17)25-11-16)12-14-5-7-15(23)8-6-14/h2-11,13H,12H2,1H3,(H,24,26,29). The van der Waals surface area contributed by atoms with Gasteiger partial charge in [0, 0.05) is 29.3 Å².